The Bertz CT molecular complexity index is 441. The zero-order chi connectivity index (χ0) is 15.6. The first kappa shape index (κ1) is 17.2. The van der Waals surface area contributed by atoms with Gasteiger partial charge in [-0.3, -0.25) is 4.18 Å². The quantitative estimate of drug-likeness (QED) is 0.767. The average Bonchev–Trinajstić information content (AvgIpc) is 2.23. The molecule has 0 unspecified atom stereocenters. The van der Waals surface area contributed by atoms with E-state index >= 15 is 0 Å². The van der Waals surface area contributed by atoms with Gasteiger partial charge in [-0.05, 0) is 27.2 Å². The number of likely N-dealkylation sites (tertiary alicyclic amines) is 1. The molecule has 0 aromatic rings. The largest absolute Gasteiger partial charge is 0.444 e. The third-order valence-electron chi connectivity index (χ3n) is 2.87. The van der Waals surface area contributed by atoms with E-state index < -0.39 is 27.9 Å². The van der Waals surface area contributed by atoms with Gasteiger partial charge in [0.05, 0.1) is 25.5 Å². The van der Waals surface area contributed by atoms with E-state index in [4.69, 9.17) is 8.92 Å². The lowest BCUT2D eigenvalue weighted by Crippen LogP contribution is -2.49. The van der Waals surface area contributed by atoms with Crippen LogP contribution in [0.5, 0.6) is 0 Å². The lowest BCUT2D eigenvalue weighted by atomic mass is 9.95. The maximum absolute atomic E-state index is 11.8. The summed E-state index contributed by atoms with van der Waals surface area (Å²) in [5.41, 5.74) is -0.585. The van der Waals surface area contributed by atoms with E-state index in [1.807, 2.05) is 0 Å². The fourth-order valence-corrected chi connectivity index (χ4v) is 2.30. The smallest absolute Gasteiger partial charge is 0.410 e. The summed E-state index contributed by atoms with van der Waals surface area (Å²) < 4.78 is 31.8. The van der Waals surface area contributed by atoms with Crippen LogP contribution >= 0.6 is 0 Å². The number of nitrogens with zero attached hydrogens (tertiary/aromatic N) is 1. The summed E-state index contributed by atoms with van der Waals surface area (Å²) in [7, 11) is -3.52. The Labute approximate surface area is 120 Å². The van der Waals surface area contributed by atoms with Gasteiger partial charge < -0.3 is 14.7 Å². The van der Waals surface area contributed by atoms with Crippen molar-refractivity contribution < 1.29 is 27.2 Å². The van der Waals surface area contributed by atoms with Crippen LogP contribution in [-0.4, -0.2) is 62.2 Å². The van der Waals surface area contributed by atoms with Crippen LogP contribution < -0.4 is 0 Å². The molecule has 2 atom stereocenters. The minimum atomic E-state index is -3.52. The van der Waals surface area contributed by atoms with E-state index in [1.165, 1.54) is 4.90 Å². The molecule has 1 N–H and O–H groups in total. The van der Waals surface area contributed by atoms with E-state index in [9.17, 15) is 18.3 Å². The number of ether oxygens (including phenoxy) is 1. The highest BCUT2D eigenvalue weighted by Crippen LogP contribution is 2.21. The lowest BCUT2D eigenvalue weighted by Gasteiger charge is -2.36. The Hall–Kier alpha value is -0.860. The summed E-state index contributed by atoms with van der Waals surface area (Å²) in [6.45, 7) is 5.77. The second-order valence-corrected chi connectivity index (χ2v) is 7.68. The first-order chi connectivity index (χ1) is 8.98. The SMILES string of the molecule is CC(C)(C)OC(=O)N1CC[C@@H](COS(C)(=O)=O)[C@H](O)C1. The number of piperidine rings is 1. The summed E-state index contributed by atoms with van der Waals surface area (Å²) in [5.74, 6) is -0.302. The van der Waals surface area contributed by atoms with Gasteiger partial charge in [-0.2, -0.15) is 8.42 Å². The van der Waals surface area contributed by atoms with Crippen LogP contribution in [-0.2, 0) is 19.0 Å². The topological polar surface area (TPSA) is 93.1 Å². The highest BCUT2D eigenvalue weighted by atomic mass is 32.2. The van der Waals surface area contributed by atoms with Gasteiger partial charge in [0.1, 0.15) is 5.60 Å². The molecule has 0 aromatic carbocycles. The third kappa shape index (κ3) is 6.06. The Morgan fingerprint density at radius 2 is 2.00 bits per heavy atom. The number of hydrogen-bond donors (Lipinski definition) is 1. The molecule has 0 spiro atoms. The van der Waals surface area contributed by atoms with E-state index in [1.54, 1.807) is 20.8 Å². The van der Waals surface area contributed by atoms with Gasteiger partial charge in [0.15, 0.2) is 0 Å². The third-order valence-corrected chi connectivity index (χ3v) is 3.43. The zero-order valence-electron chi connectivity index (χ0n) is 12.3. The Morgan fingerprint density at radius 3 is 2.45 bits per heavy atom. The number of hydrogen-bond acceptors (Lipinski definition) is 6. The number of rotatable bonds is 3. The first-order valence-electron chi connectivity index (χ1n) is 6.48. The summed E-state index contributed by atoms with van der Waals surface area (Å²) >= 11 is 0. The van der Waals surface area contributed by atoms with Crippen molar-refractivity contribution in [2.75, 3.05) is 26.0 Å². The van der Waals surface area contributed by atoms with Crippen LogP contribution in [0.2, 0.25) is 0 Å². The second-order valence-electron chi connectivity index (χ2n) is 6.03. The minimum Gasteiger partial charge on any atom is -0.444 e. The molecule has 0 radical (unpaired) electrons. The molecule has 1 aliphatic rings. The highest BCUT2D eigenvalue weighted by Gasteiger charge is 2.33. The van der Waals surface area contributed by atoms with Crippen molar-refractivity contribution in [3.05, 3.63) is 0 Å². The van der Waals surface area contributed by atoms with Crippen LogP contribution in [0.3, 0.4) is 0 Å². The Kier molecular flexibility index (Phi) is 5.39. The van der Waals surface area contributed by atoms with Crippen LogP contribution in [0.1, 0.15) is 27.2 Å². The minimum absolute atomic E-state index is 0.0673. The van der Waals surface area contributed by atoms with Gasteiger partial charge in [-0.25, -0.2) is 4.79 Å². The summed E-state index contributed by atoms with van der Waals surface area (Å²) in [5, 5.41) is 9.96. The normalized spacial score (nSPS) is 24.6. The molecule has 0 saturated carbocycles. The molecule has 1 aliphatic heterocycles. The van der Waals surface area contributed by atoms with Gasteiger partial charge in [-0.1, -0.05) is 0 Å². The van der Waals surface area contributed by atoms with Crippen LogP contribution in [0.25, 0.3) is 0 Å². The van der Waals surface area contributed by atoms with Crippen molar-refractivity contribution >= 4 is 16.2 Å². The molecule has 1 fully saturated rings. The molecule has 1 rings (SSSR count). The van der Waals surface area contributed by atoms with E-state index in [0.29, 0.717) is 13.0 Å². The van der Waals surface area contributed by atoms with Gasteiger partial charge >= 0.3 is 6.09 Å². The molecule has 7 nitrogen and oxygen atoms in total. The second kappa shape index (κ2) is 6.28. The van der Waals surface area contributed by atoms with Crippen LogP contribution in [0.15, 0.2) is 0 Å². The fraction of sp³-hybridized carbons (Fsp3) is 0.917. The molecule has 1 saturated heterocycles. The Morgan fingerprint density at radius 1 is 1.40 bits per heavy atom. The molecule has 0 aromatic heterocycles. The van der Waals surface area contributed by atoms with Crippen molar-refractivity contribution in [2.24, 2.45) is 5.92 Å². The number of amides is 1. The highest BCUT2D eigenvalue weighted by molar-refractivity contribution is 7.85. The Balaban J connectivity index is 2.49. The van der Waals surface area contributed by atoms with E-state index in [0.717, 1.165) is 6.26 Å². The van der Waals surface area contributed by atoms with Gasteiger partial charge in [-0.15, -0.1) is 0 Å². The molecular formula is C12H23NO6S. The van der Waals surface area contributed by atoms with E-state index in [-0.39, 0.29) is 19.1 Å². The molecule has 118 valence electrons. The average molecular weight is 309 g/mol. The van der Waals surface area contributed by atoms with Gasteiger partial charge in [0, 0.05) is 12.5 Å². The maximum atomic E-state index is 11.8. The summed E-state index contributed by atoms with van der Waals surface area (Å²) in [6.07, 6.45) is 0.141. The molecule has 1 amide bonds. The van der Waals surface area contributed by atoms with Crippen molar-refractivity contribution in [3.63, 3.8) is 0 Å². The van der Waals surface area contributed by atoms with Crippen LogP contribution in [0, 0.1) is 5.92 Å². The monoisotopic (exact) mass is 309 g/mol. The van der Waals surface area contributed by atoms with E-state index in [2.05, 4.69) is 0 Å². The molecule has 1 heterocycles. The molecule has 0 aliphatic carbocycles. The van der Waals surface area contributed by atoms with Gasteiger partial charge in [0.25, 0.3) is 10.1 Å². The number of aliphatic hydroxyl groups excluding tert-OH is 1. The predicted molar refractivity (Wildman–Crippen MR) is 72.7 cm³/mol. The van der Waals surface area contributed by atoms with Crippen LogP contribution in [0.4, 0.5) is 4.79 Å². The number of aliphatic hydroxyl groups is 1. The molecule has 8 heteroatoms. The first-order valence-corrected chi connectivity index (χ1v) is 8.30. The van der Waals surface area contributed by atoms with Crippen molar-refractivity contribution in [1.82, 2.24) is 4.90 Å². The van der Waals surface area contributed by atoms with Crippen molar-refractivity contribution in [3.8, 4) is 0 Å². The lowest BCUT2D eigenvalue weighted by molar-refractivity contribution is -0.0205. The zero-order valence-corrected chi connectivity index (χ0v) is 13.1. The standard InChI is InChI=1S/C12H23NO6S/c1-12(2,3)19-11(15)13-6-5-9(10(14)7-13)8-18-20(4,16)17/h9-10,14H,5-8H2,1-4H3/t9-,10+/m0/s1. The molecule has 20 heavy (non-hydrogen) atoms. The number of carbonyl (C=O) groups is 1. The van der Waals surface area contributed by atoms with Crippen molar-refractivity contribution in [2.45, 2.75) is 38.9 Å². The summed E-state index contributed by atoms with van der Waals surface area (Å²) in [4.78, 5) is 13.3. The maximum Gasteiger partial charge on any atom is 0.410 e. The molecule has 0 bridgehead atoms. The molecular weight excluding hydrogens is 286 g/mol. The van der Waals surface area contributed by atoms with Gasteiger partial charge in [0.2, 0.25) is 0 Å². The number of carbonyl (C=O) groups excluding carboxylic acids is 1. The fourth-order valence-electron chi connectivity index (χ4n) is 1.88. The number of β-amino-alcohol motifs (C(OH)–C–C–N with tert-alkyl or cyclic N) is 1. The summed E-state index contributed by atoms with van der Waals surface area (Å²) in [6, 6.07) is 0. The predicted octanol–water partition coefficient (Wildman–Crippen LogP) is 0.580. The van der Waals surface area contributed by atoms with Crippen molar-refractivity contribution in [1.29, 1.82) is 0 Å².